The number of nitrogen functional groups attached to an aromatic ring is 1. The lowest BCUT2D eigenvalue weighted by atomic mass is 10.4. The van der Waals surface area contributed by atoms with Gasteiger partial charge in [-0.1, -0.05) is 0 Å². The number of methoxy groups -OCH3 is 2. The van der Waals surface area contributed by atoms with E-state index in [2.05, 4.69) is 9.84 Å². The van der Waals surface area contributed by atoms with Gasteiger partial charge in [0.1, 0.15) is 0 Å². The summed E-state index contributed by atoms with van der Waals surface area (Å²) in [5.41, 5.74) is 6.10. The zero-order chi connectivity index (χ0) is 11.3. The average molecular weight is 213 g/mol. The van der Waals surface area contributed by atoms with Gasteiger partial charge in [0.2, 0.25) is 0 Å². The van der Waals surface area contributed by atoms with E-state index in [1.165, 1.54) is 7.11 Å². The molecule has 84 valence electrons. The van der Waals surface area contributed by atoms with E-state index in [-0.39, 0.29) is 5.69 Å². The summed E-state index contributed by atoms with van der Waals surface area (Å²) in [6, 6.07) is 0. The Kier molecular flexibility index (Phi) is 4.11. The highest BCUT2D eigenvalue weighted by Crippen LogP contribution is 2.10. The maximum Gasteiger partial charge on any atom is 0.360 e. The highest BCUT2D eigenvalue weighted by molar-refractivity contribution is 5.92. The van der Waals surface area contributed by atoms with Crippen molar-refractivity contribution in [2.24, 2.45) is 0 Å². The number of carbonyl (C=O) groups excluding carboxylic acids is 1. The minimum atomic E-state index is -0.516. The second-order valence-electron chi connectivity index (χ2n) is 3.03. The van der Waals surface area contributed by atoms with Gasteiger partial charge in [-0.25, -0.2) is 4.79 Å². The summed E-state index contributed by atoms with van der Waals surface area (Å²) < 4.78 is 11.1. The average Bonchev–Trinajstić information content (AvgIpc) is 2.59. The third-order valence-electron chi connectivity index (χ3n) is 1.90. The van der Waals surface area contributed by atoms with Crippen LogP contribution in [0.5, 0.6) is 0 Å². The first-order valence-electron chi connectivity index (χ1n) is 4.59. The molecule has 0 fully saturated rings. The van der Waals surface area contributed by atoms with E-state index in [1.54, 1.807) is 18.0 Å². The van der Waals surface area contributed by atoms with Crippen molar-refractivity contribution in [3.63, 3.8) is 0 Å². The fraction of sp³-hybridized carbons (Fsp3) is 0.556. The molecule has 1 rings (SSSR count). The maximum atomic E-state index is 11.2. The second kappa shape index (κ2) is 5.35. The lowest BCUT2D eigenvalue weighted by Crippen LogP contribution is -2.07. The number of aromatic nitrogens is 2. The van der Waals surface area contributed by atoms with Gasteiger partial charge in [-0.2, -0.15) is 5.10 Å². The molecule has 0 aliphatic rings. The zero-order valence-corrected chi connectivity index (χ0v) is 8.90. The summed E-state index contributed by atoms with van der Waals surface area (Å²) in [6.45, 7) is 1.31. The Morgan fingerprint density at radius 3 is 2.93 bits per heavy atom. The highest BCUT2D eigenvalue weighted by atomic mass is 16.5. The summed E-state index contributed by atoms with van der Waals surface area (Å²) in [7, 11) is 2.93. The fourth-order valence-electron chi connectivity index (χ4n) is 1.18. The van der Waals surface area contributed by atoms with E-state index in [9.17, 15) is 4.79 Å². The predicted octanol–water partition coefficient (Wildman–Crippen LogP) is 0.288. The van der Waals surface area contributed by atoms with Gasteiger partial charge in [-0.3, -0.25) is 4.68 Å². The van der Waals surface area contributed by atoms with E-state index in [1.807, 2.05) is 0 Å². The lowest BCUT2D eigenvalue weighted by molar-refractivity contribution is 0.0594. The Bertz CT molecular complexity index is 335. The van der Waals surface area contributed by atoms with Crippen LogP contribution in [0.25, 0.3) is 0 Å². The molecule has 6 nitrogen and oxygen atoms in total. The Labute approximate surface area is 88.0 Å². The topological polar surface area (TPSA) is 79.4 Å². The first-order valence-corrected chi connectivity index (χ1v) is 4.59. The van der Waals surface area contributed by atoms with Crippen LogP contribution in [0.15, 0.2) is 6.20 Å². The first-order chi connectivity index (χ1) is 7.19. The molecule has 0 bridgehead atoms. The molecule has 0 aromatic carbocycles. The van der Waals surface area contributed by atoms with E-state index >= 15 is 0 Å². The van der Waals surface area contributed by atoms with Gasteiger partial charge in [-0.05, 0) is 6.42 Å². The van der Waals surface area contributed by atoms with E-state index in [0.717, 1.165) is 6.42 Å². The number of esters is 1. The maximum absolute atomic E-state index is 11.2. The van der Waals surface area contributed by atoms with Gasteiger partial charge in [0.25, 0.3) is 0 Å². The van der Waals surface area contributed by atoms with E-state index in [0.29, 0.717) is 18.8 Å². The molecule has 0 spiro atoms. The molecular formula is C9H15N3O3. The molecule has 6 heteroatoms. The number of aryl methyl sites for hydroxylation is 1. The quantitative estimate of drug-likeness (QED) is 0.561. The molecule has 0 unspecified atom stereocenters. The van der Waals surface area contributed by atoms with Crippen molar-refractivity contribution < 1.29 is 14.3 Å². The summed E-state index contributed by atoms with van der Waals surface area (Å²) in [4.78, 5) is 11.2. The van der Waals surface area contributed by atoms with Crippen LogP contribution in [0.4, 0.5) is 5.69 Å². The molecule has 1 aromatic heterocycles. The van der Waals surface area contributed by atoms with Gasteiger partial charge in [0.15, 0.2) is 5.69 Å². The fourth-order valence-corrected chi connectivity index (χ4v) is 1.18. The highest BCUT2D eigenvalue weighted by Gasteiger charge is 2.14. The van der Waals surface area contributed by atoms with Crippen LogP contribution in [0.1, 0.15) is 16.9 Å². The molecule has 0 aliphatic carbocycles. The number of anilines is 1. The molecule has 1 heterocycles. The number of hydrogen-bond acceptors (Lipinski definition) is 5. The number of nitrogens with two attached hydrogens (primary N) is 1. The van der Waals surface area contributed by atoms with Crippen LogP contribution in [0, 0.1) is 0 Å². The third kappa shape index (κ3) is 2.95. The van der Waals surface area contributed by atoms with Gasteiger partial charge < -0.3 is 15.2 Å². The molecule has 0 aliphatic heterocycles. The monoisotopic (exact) mass is 213 g/mol. The van der Waals surface area contributed by atoms with Crippen LogP contribution in [-0.2, 0) is 16.0 Å². The van der Waals surface area contributed by atoms with Crippen LogP contribution >= 0.6 is 0 Å². The van der Waals surface area contributed by atoms with Crippen LogP contribution in [0.3, 0.4) is 0 Å². The van der Waals surface area contributed by atoms with Crippen molar-refractivity contribution in [1.82, 2.24) is 9.78 Å². The first kappa shape index (κ1) is 11.5. The summed E-state index contributed by atoms with van der Waals surface area (Å²) in [5, 5.41) is 4.01. The number of ether oxygens (including phenoxy) is 2. The van der Waals surface area contributed by atoms with Crippen LogP contribution in [0.2, 0.25) is 0 Å². The molecular weight excluding hydrogens is 198 g/mol. The van der Waals surface area contributed by atoms with Gasteiger partial charge >= 0.3 is 5.97 Å². The minimum absolute atomic E-state index is 0.162. The normalized spacial score (nSPS) is 10.3. The molecule has 1 aromatic rings. The number of hydrogen-bond donors (Lipinski definition) is 1. The van der Waals surface area contributed by atoms with Gasteiger partial charge in [0.05, 0.1) is 12.8 Å². The zero-order valence-electron chi connectivity index (χ0n) is 8.90. The van der Waals surface area contributed by atoms with Crippen molar-refractivity contribution in [2.75, 3.05) is 26.6 Å². The van der Waals surface area contributed by atoms with Crippen LogP contribution in [-0.4, -0.2) is 36.6 Å². The van der Waals surface area contributed by atoms with E-state index in [4.69, 9.17) is 10.5 Å². The SMILES string of the molecule is COCCCn1cc(N)c(C(=O)OC)n1. The number of nitrogens with zero attached hydrogens (tertiary/aromatic N) is 2. The molecule has 0 amide bonds. The number of rotatable bonds is 5. The van der Waals surface area contributed by atoms with Crippen molar-refractivity contribution in [3.8, 4) is 0 Å². The summed E-state index contributed by atoms with van der Waals surface area (Å²) in [5.74, 6) is -0.516. The van der Waals surface area contributed by atoms with Crippen molar-refractivity contribution in [2.45, 2.75) is 13.0 Å². The summed E-state index contributed by atoms with van der Waals surface area (Å²) in [6.07, 6.45) is 2.43. The smallest absolute Gasteiger partial charge is 0.360 e. The minimum Gasteiger partial charge on any atom is -0.464 e. The van der Waals surface area contributed by atoms with Crippen molar-refractivity contribution in [1.29, 1.82) is 0 Å². The second-order valence-corrected chi connectivity index (χ2v) is 3.03. The Morgan fingerprint density at radius 2 is 2.33 bits per heavy atom. The number of carbonyl (C=O) groups is 1. The molecule has 0 atom stereocenters. The van der Waals surface area contributed by atoms with Gasteiger partial charge in [-0.15, -0.1) is 0 Å². The van der Waals surface area contributed by atoms with Crippen LogP contribution < -0.4 is 5.73 Å². The Morgan fingerprint density at radius 1 is 1.60 bits per heavy atom. The predicted molar refractivity (Wildman–Crippen MR) is 54.5 cm³/mol. The summed E-state index contributed by atoms with van der Waals surface area (Å²) >= 11 is 0. The van der Waals surface area contributed by atoms with Crippen molar-refractivity contribution in [3.05, 3.63) is 11.9 Å². The van der Waals surface area contributed by atoms with E-state index < -0.39 is 5.97 Å². The molecule has 0 saturated heterocycles. The van der Waals surface area contributed by atoms with Crippen molar-refractivity contribution >= 4 is 11.7 Å². The third-order valence-corrected chi connectivity index (χ3v) is 1.90. The molecule has 15 heavy (non-hydrogen) atoms. The Balaban J connectivity index is 2.64. The lowest BCUT2D eigenvalue weighted by Gasteiger charge is -1.99. The Hall–Kier alpha value is -1.56. The van der Waals surface area contributed by atoms with Gasteiger partial charge in [0, 0.05) is 26.5 Å². The largest absolute Gasteiger partial charge is 0.464 e. The molecule has 0 saturated carbocycles. The standard InChI is InChI=1S/C9H15N3O3/c1-14-5-3-4-12-6-7(10)8(11-12)9(13)15-2/h6H,3-5,10H2,1-2H3. The molecule has 0 radical (unpaired) electrons. The molecule has 2 N–H and O–H groups in total.